The molecule has 1 aliphatic rings. The molecule has 0 atom stereocenters. The van der Waals surface area contributed by atoms with Gasteiger partial charge < -0.3 is 0 Å². The van der Waals surface area contributed by atoms with Gasteiger partial charge in [0.2, 0.25) is 0 Å². The van der Waals surface area contributed by atoms with Crippen LogP contribution in [0, 0.1) is 0 Å². The Morgan fingerprint density at radius 3 is 2.86 bits per heavy atom. The third-order valence-corrected chi connectivity index (χ3v) is 2.47. The monoisotopic (exact) mass is 189 g/mol. The van der Waals surface area contributed by atoms with Crippen molar-refractivity contribution < 1.29 is 0 Å². The van der Waals surface area contributed by atoms with Crippen molar-refractivity contribution in [3.05, 3.63) is 36.4 Å². The highest BCUT2D eigenvalue weighted by atomic mass is 15.1. The Morgan fingerprint density at radius 2 is 2.14 bits per heavy atom. The van der Waals surface area contributed by atoms with Crippen LogP contribution in [0.25, 0.3) is 0 Å². The third kappa shape index (κ3) is 2.39. The molecule has 0 bridgehead atoms. The van der Waals surface area contributed by atoms with Gasteiger partial charge in [-0.1, -0.05) is 12.2 Å². The molecule has 74 valence electrons. The van der Waals surface area contributed by atoms with E-state index in [2.05, 4.69) is 21.4 Å². The minimum Gasteiger partial charge on any atom is -0.295 e. The maximum Gasteiger partial charge on any atom is 0.115 e. The molecule has 1 aliphatic heterocycles. The molecule has 0 spiro atoms. The lowest BCUT2D eigenvalue weighted by atomic mass is 10.1. The van der Waals surface area contributed by atoms with Gasteiger partial charge in [0.25, 0.3) is 0 Å². The van der Waals surface area contributed by atoms with Crippen molar-refractivity contribution in [2.75, 3.05) is 13.1 Å². The molecule has 1 fully saturated rings. The number of hydrogen-bond donors (Lipinski definition) is 0. The predicted molar refractivity (Wildman–Crippen MR) is 55.7 cm³/mol. The molecule has 1 saturated heterocycles. The molecule has 0 N–H and O–H groups in total. The molecule has 3 heteroatoms. The van der Waals surface area contributed by atoms with Crippen molar-refractivity contribution in [3.8, 4) is 0 Å². The molecule has 14 heavy (non-hydrogen) atoms. The number of hydrogen-bond acceptors (Lipinski definition) is 3. The zero-order valence-electron chi connectivity index (χ0n) is 8.32. The fourth-order valence-electron chi connectivity index (χ4n) is 1.83. The molecule has 0 aliphatic carbocycles. The maximum absolute atomic E-state index is 4.03. The Kier molecular flexibility index (Phi) is 2.89. The Morgan fingerprint density at radius 1 is 1.36 bits per heavy atom. The summed E-state index contributed by atoms with van der Waals surface area (Å²) < 4.78 is 0. The summed E-state index contributed by atoms with van der Waals surface area (Å²) in [7, 11) is 0. The number of aromatic nitrogens is 2. The van der Waals surface area contributed by atoms with Crippen LogP contribution < -0.4 is 0 Å². The summed E-state index contributed by atoms with van der Waals surface area (Å²) in [6.07, 6.45) is 7.74. The third-order valence-electron chi connectivity index (χ3n) is 2.47. The Labute approximate surface area is 84.5 Å². The van der Waals surface area contributed by atoms with Crippen molar-refractivity contribution >= 4 is 0 Å². The van der Waals surface area contributed by atoms with Crippen molar-refractivity contribution in [1.29, 1.82) is 0 Å². The first-order chi connectivity index (χ1) is 6.84. The smallest absolute Gasteiger partial charge is 0.115 e. The molecule has 0 saturated carbocycles. The molecular formula is C11H15N3. The Balaban J connectivity index is 1.94. The lowest BCUT2D eigenvalue weighted by Gasteiger charge is -2.27. The van der Waals surface area contributed by atoms with E-state index in [9.17, 15) is 0 Å². The highest BCUT2D eigenvalue weighted by molar-refractivity contribution is 5.06. The highest BCUT2D eigenvalue weighted by Crippen LogP contribution is 2.15. The standard InChI is InChI=1S/C11H15N3/c1-10-3-2-4-14(7-10)8-11-5-12-9-13-6-11/h5-6,9H,1-4,7-8H2. The number of nitrogens with zero attached hydrogens (tertiary/aromatic N) is 3. The van der Waals surface area contributed by atoms with E-state index in [4.69, 9.17) is 0 Å². The van der Waals surface area contributed by atoms with E-state index in [1.807, 2.05) is 12.4 Å². The second-order valence-corrected chi connectivity index (χ2v) is 3.81. The van der Waals surface area contributed by atoms with Crippen LogP contribution in [0.5, 0.6) is 0 Å². The minimum atomic E-state index is 0.944. The molecular weight excluding hydrogens is 174 g/mol. The summed E-state index contributed by atoms with van der Waals surface area (Å²) in [4.78, 5) is 10.4. The molecule has 0 aromatic carbocycles. The van der Waals surface area contributed by atoms with Gasteiger partial charge in [0.15, 0.2) is 0 Å². The van der Waals surface area contributed by atoms with E-state index in [-0.39, 0.29) is 0 Å². The fraction of sp³-hybridized carbons (Fsp3) is 0.455. The van der Waals surface area contributed by atoms with E-state index in [1.165, 1.54) is 24.0 Å². The first-order valence-corrected chi connectivity index (χ1v) is 4.97. The average molecular weight is 189 g/mol. The van der Waals surface area contributed by atoms with E-state index >= 15 is 0 Å². The maximum atomic E-state index is 4.03. The Bertz CT molecular complexity index is 308. The Hall–Kier alpha value is -1.22. The number of rotatable bonds is 2. The van der Waals surface area contributed by atoms with Crippen LogP contribution in [-0.2, 0) is 6.54 Å². The lowest BCUT2D eigenvalue weighted by molar-refractivity contribution is 0.257. The van der Waals surface area contributed by atoms with Crippen molar-refractivity contribution in [2.45, 2.75) is 19.4 Å². The van der Waals surface area contributed by atoms with Gasteiger partial charge >= 0.3 is 0 Å². The topological polar surface area (TPSA) is 29.0 Å². The fourth-order valence-corrected chi connectivity index (χ4v) is 1.83. The quantitative estimate of drug-likeness (QED) is 0.662. The van der Waals surface area contributed by atoms with Gasteiger partial charge in [-0.05, 0) is 19.4 Å². The van der Waals surface area contributed by atoms with Gasteiger partial charge in [-0.15, -0.1) is 0 Å². The van der Waals surface area contributed by atoms with E-state index < -0.39 is 0 Å². The first-order valence-electron chi connectivity index (χ1n) is 4.97. The van der Waals surface area contributed by atoms with Gasteiger partial charge in [0.1, 0.15) is 6.33 Å². The SMILES string of the molecule is C=C1CCCN(Cc2cncnc2)C1. The van der Waals surface area contributed by atoms with Crippen molar-refractivity contribution in [2.24, 2.45) is 0 Å². The van der Waals surface area contributed by atoms with Crippen LogP contribution in [0.4, 0.5) is 0 Å². The highest BCUT2D eigenvalue weighted by Gasteiger charge is 2.12. The van der Waals surface area contributed by atoms with E-state index in [0.29, 0.717) is 0 Å². The summed E-state index contributed by atoms with van der Waals surface area (Å²) in [5, 5.41) is 0. The molecule has 1 aromatic heterocycles. The molecule has 3 nitrogen and oxygen atoms in total. The van der Waals surface area contributed by atoms with Gasteiger partial charge in [0, 0.05) is 31.0 Å². The average Bonchev–Trinajstić information content (AvgIpc) is 2.19. The van der Waals surface area contributed by atoms with Crippen LogP contribution in [-0.4, -0.2) is 28.0 Å². The van der Waals surface area contributed by atoms with Gasteiger partial charge in [-0.2, -0.15) is 0 Å². The largest absolute Gasteiger partial charge is 0.295 e. The van der Waals surface area contributed by atoms with Crippen LogP contribution in [0.3, 0.4) is 0 Å². The van der Waals surface area contributed by atoms with Crippen LogP contribution in [0.15, 0.2) is 30.9 Å². The normalized spacial score (nSPS) is 18.4. The molecule has 0 amide bonds. The second-order valence-electron chi connectivity index (χ2n) is 3.81. The van der Waals surface area contributed by atoms with Crippen LogP contribution in [0.2, 0.25) is 0 Å². The zero-order chi connectivity index (χ0) is 9.80. The number of piperidine rings is 1. The molecule has 0 radical (unpaired) electrons. The van der Waals surface area contributed by atoms with Crippen molar-refractivity contribution in [3.63, 3.8) is 0 Å². The van der Waals surface area contributed by atoms with Crippen LogP contribution >= 0.6 is 0 Å². The predicted octanol–water partition coefficient (Wildman–Crippen LogP) is 1.63. The summed E-state index contributed by atoms with van der Waals surface area (Å²) in [6, 6.07) is 0. The lowest BCUT2D eigenvalue weighted by Crippen LogP contribution is -2.30. The van der Waals surface area contributed by atoms with E-state index in [1.54, 1.807) is 6.33 Å². The summed E-state index contributed by atoms with van der Waals surface area (Å²) in [5.41, 5.74) is 2.52. The van der Waals surface area contributed by atoms with Gasteiger partial charge in [0.05, 0.1) is 0 Å². The van der Waals surface area contributed by atoms with Crippen LogP contribution in [0.1, 0.15) is 18.4 Å². The molecule has 2 rings (SSSR count). The van der Waals surface area contributed by atoms with E-state index in [0.717, 1.165) is 19.6 Å². The minimum absolute atomic E-state index is 0.944. The first kappa shape index (κ1) is 9.34. The summed E-state index contributed by atoms with van der Waals surface area (Å²) in [6.45, 7) is 7.16. The van der Waals surface area contributed by atoms with Gasteiger partial charge in [-0.25, -0.2) is 9.97 Å². The summed E-state index contributed by atoms with van der Waals surface area (Å²) in [5.74, 6) is 0. The molecule has 2 heterocycles. The van der Waals surface area contributed by atoms with Crippen molar-refractivity contribution in [1.82, 2.24) is 14.9 Å². The zero-order valence-corrected chi connectivity index (χ0v) is 8.32. The van der Waals surface area contributed by atoms with Gasteiger partial charge in [-0.3, -0.25) is 4.90 Å². The number of likely N-dealkylation sites (tertiary alicyclic amines) is 1. The molecule has 1 aromatic rings. The summed E-state index contributed by atoms with van der Waals surface area (Å²) >= 11 is 0. The molecule has 0 unspecified atom stereocenters. The second kappa shape index (κ2) is 4.33.